The van der Waals surface area contributed by atoms with E-state index in [9.17, 15) is 4.39 Å². The predicted molar refractivity (Wildman–Crippen MR) is 120 cm³/mol. The SMILES string of the molecule is C=C(C)C(=N\C(=NC)OC[C@@]12CCCN1C[C@H](F)C2)/C(F)=C(N)/C(=C\CC)/C=C/C. The highest BCUT2D eigenvalue weighted by molar-refractivity contribution is 6.14. The summed E-state index contributed by atoms with van der Waals surface area (Å²) in [4.78, 5) is 10.5. The molecule has 166 valence electrons. The molecule has 2 atom stereocenters. The highest BCUT2D eigenvalue weighted by Crippen LogP contribution is 2.40. The number of hydrogen-bond acceptors (Lipinski definition) is 4. The van der Waals surface area contributed by atoms with Crippen LogP contribution < -0.4 is 5.73 Å². The van der Waals surface area contributed by atoms with Gasteiger partial charge in [-0.1, -0.05) is 31.7 Å². The minimum Gasteiger partial charge on any atom is -0.462 e. The van der Waals surface area contributed by atoms with E-state index in [1.165, 1.54) is 7.05 Å². The van der Waals surface area contributed by atoms with Gasteiger partial charge in [0.25, 0.3) is 0 Å². The second kappa shape index (κ2) is 10.7. The third kappa shape index (κ3) is 5.45. The van der Waals surface area contributed by atoms with Gasteiger partial charge in [0.1, 0.15) is 18.5 Å². The molecule has 0 amide bonds. The van der Waals surface area contributed by atoms with Crippen molar-refractivity contribution in [2.24, 2.45) is 15.7 Å². The normalized spacial score (nSPS) is 26.9. The zero-order valence-electron chi connectivity index (χ0n) is 18.5. The van der Waals surface area contributed by atoms with Crippen LogP contribution in [0.25, 0.3) is 0 Å². The van der Waals surface area contributed by atoms with E-state index in [1.807, 2.05) is 19.9 Å². The zero-order valence-corrected chi connectivity index (χ0v) is 18.5. The summed E-state index contributed by atoms with van der Waals surface area (Å²) in [6.07, 6.45) is 7.59. The fourth-order valence-electron chi connectivity index (χ4n) is 4.14. The Hall–Kier alpha value is -2.28. The van der Waals surface area contributed by atoms with Gasteiger partial charge in [-0.05, 0) is 50.8 Å². The maximum atomic E-state index is 15.2. The van der Waals surface area contributed by atoms with Gasteiger partial charge in [0, 0.05) is 20.0 Å². The largest absolute Gasteiger partial charge is 0.462 e. The molecule has 30 heavy (non-hydrogen) atoms. The first-order valence-electron chi connectivity index (χ1n) is 10.5. The van der Waals surface area contributed by atoms with E-state index in [4.69, 9.17) is 10.5 Å². The summed E-state index contributed by atoms with van der Waals surface area (Å²) >= 11 is 0. The standard InChI is InChI=1S/C23H34F2N4O/c1-6-9-17(10-7-2)20(26)19(25)21(16(3)4)28-22(27-5)30-15-23-11-8-12-29(23)14-18(24)13-23/h6,9-10,18H,3,7-8,11-15,26H2,1-2,4-5H3/b9-6+,17-10-,20-19+,27-22?,28-21+/t18-,23+/m1/s1. The summed E-state index contributed by atoms with van der Waals surface area (Å²) in [5.74, 6) is -0.671. The van der Waals surface area contributed by atoms with Gasteiger partial charge in [-0.2, -0.15) is 4.99 Å². The quantitative estimate of drug-likeness (QED) is 0.371. The molecule has 0 aliphatic carbocycles. The first kappa shape index (κ1) is 24.0. The maximum Gasteiger partial charge on any atom is 0.312 e. The Morgan fingerprint density at radius 3 is 2.77 bits per heavy atom. The number of nitrogens with two attached hydrogens (primary N) is 1. The van der Waals surface area contributed by atoms with E-state index < -0.39 is 12.0 Å². The molecule has 2 aliphatic heterocycles. The van der Waals surface area contributed by atoms with Gasteiger partial charge in [0.05, 0.1) is 11.2 Å². The number of nitrogens with zero attached hydrogens (tertiary/aromatic N) is 3. The van der Waals surface area contributed by atoms with Crippen LogP contribution in [0, 0.1) is 0 Å². The summed E-state index contributed by atoms with van der Waals surface area (Å²) in [5, 5.41) is 0. The number of hydrogen-bond donors (Lipinski definition) is 1. The molecule has 0 aromatic heterocycles. The van der Waals surface area contributed by atoms with E-state index in [0.717, 1.165) is 19.4 Å². The van der Waals surface area contributed by atoms with Gasteiger partial charge in [-0.25, -0.2) is 13.8 Å². The molecule has 2 aliphatic rings. The molecule has 5 nitrogen and oxygen atoms in total. The fraction of sp³-hybridized carbons (Fsp3) is 0.565. The molecule has 2 heterocycles. The molecule has 0 saturated carbocycles. The first-order valence-corrected chi connectivity index (χ1v) is 10.5. The highest BCUT2D eigenvalue weighted by atomic mass is 19.1. The number of fused-ring (bicyclic) bond motifs is 1. The van der Waals surface area contributed by atoms with E-state index in [-0.39, 0.29) is 29.6 Å². The van der Waals surface area contributed by atoms with Crippen LogP contribution in [0.15, 0.2) is 57.5 Å². The van der Waals surface area contributed by atoms with Crippen LogP contribution in [-0.4, -0.2) is 55.1 Å². The summed E-state index contributed by atoms with van der Waals surface area (Å²) in [7, 11) is 1.53. The average molecular weight is 421 g/mol. The highest BCUT2D eigenvalue weighted by Gasteiger charge is 2.49. The third-order valence-electron chi connectivity index (χ3n) is 5.56. The van der Waals surface area contributed by atoms with Crippen LogP contribution >= 0.6 is 0 Å². The molecule has 2 rings (SSSR count). The minimum atomic E-state index is -0.846. The summed E-state index contributed by atoms with van der Waals surface area (Å²) in [5.41, 5.74) is 6.73. The smallest absolute Gasteiger partial charge is 0.312 e. The topological polar surface area (TPSA) is 63.2 Å². The van der Waals surface area contributed by atoms with Crippen molar-refractivity contribution >= 4 is 11.7 Å². The summed E-state index contributed by atoms with van der Waals surface area (Å²) < 4.78 is 35.0. The lowest BCUT2D eigenvalue weighted by molar-refractivity contribution is 0.106. The first-order chi connectivity index (χ1) is 14.3. The van der Waals surface area contributed by atoms with Crippen LogP contribution in [0.5, 0.6) is 0 Å². The summed E-state index contributed by atoms with van der Waals surface area (Å²) in [6.45, 7) is 10.9. The lowest BCUT2D eigenvalue weighted by atomic mass is 9.95. The molecular weight excluding hydrogens is 386 g/mol. The van der Waals surface area contributed by atoms with E-state index in [1.54, 1.807) is 19.1 Å². The van der Waals surface area contributed by atoms with Gasteiger partial charge < -0.3 is 10.5 Å². The van der Waals surface area contributed by atoms with Crippen LogP contribution in [0.4, 0.5) is 8.78 Å². The van der Waals surface area contributed by atoms with Crippen molar-refractivity contribution in [3.05, 3.63) is 47.5 Å². The molecule has 0 spiro atoms. The van der Waals surface area contributed by atoms with E-state index >= 15 is 4.39 Å². The van der Waals surface area contributed by atoms with Gasteiger partial charge in [-0.15, -0.1) is 0 Å². The van der Waals surface area contributed by atoms with Crippen LogP contribution in [0.1, 0.15) is 46.5 Å². The number of amidine groups is 1. The lowest BCUT2D eigenvalue weighted by Gasteiger charge is -2.30. The Labute approximate surface area is 178 Å². The minimum absolute atomic E-state index is 0.00447. The molecule has 0 bridgehead atoms. The molecule has 7 heteroatoms. The van der Waals surface area contributed by atoms with Crippen molar-refractivity contribution < 1.29 is 13.5 Å². The number of aliphatic imine (C=N–C) groups is 2. The van der Waals surface area contributed by atoms with Gasteiger partial charge >= 0.3 is 6.02 Å². The van der Waals surface area contributed by atoms with Crippen molar-refractivity contribution in [1.82, 2.24) is 4.90 Å². The second-order valence-corrected chi connectivity index (χ2v) is 7.91. The number of rotatable bonds is 7. The van der Waals surface area contributed by atoms with Crippen molar-refractivity contribution in [3.8, 4) is 0 Å². The molecule has 2 saturated heterocycles. The van der Waals surface area contributed by atoms with Gasteiger partial charge in [0.2, 0.25) is 0 Å². The molecular formula is C23H34F2N4O. The van der Waals surface area contributed by atoms with Crippen LogP contribution in [-0.2, 0) is 4.74 Å². The Morgan fingerprint density at radius 1 is 1.43 bits per heavy atom. The van der Waals surface area contributed by atoms with Gasteiger partial charge in [-0.3, -0.25) is 4.90 Å². The van der Waals surface area contributed by atoms with Crippen molar-refractivity contribution in [2.75, 3.05) is 26.7 Å². The molecule has 0 aromatic rings. The van der Waals surface area contributed by atoms with Crippen molar-refractivity contribution in [1.29, 1.82) is 0 Å². The average Bonchev–Trinajstić information content (AvgIpc) is 3.22. The molecule has 0 radical (unpaired) electrons. The molecule has 2 fully saturated rings. The Bertz CT molecular complexity index is 797. The maximum absolute atomic E-state index is 15.2. The Balaban J connectivity index is 2.27. The van der Waals surface area contributed by atoms with Crippen molar-refractivity contribution in [2.45, 2.75) is 58.2 Å². The van der Waals surface area contributed by atoms with Crippen LogP contribution in [0.3, 0.4) is 0 Å². The molecule has 0 aromatic carbocycles. The molecule has 2 N–H and O–H groups in total. The fourth-order valence-corrected chi connectivity index (χ4v) is 4.14. The number of halogens is 2. The Morgan fingerprint density at radius 2 is 2.17 bits per heavy atom. The monoisotopic (exact) mass is 420 g/mol. The second-order valence-electron chi connectivity index (χ2n) is 7.91. The van der Waals surface area contributed by atoms with Crippen LogP contribution in [0.2, 0.25) is 0 Å². The van der Waals surface area contributed by atoms with Gasteiger partial charge in [0.15, 0.2) is 5.83 Å². The van der Waals surface area contributed by atoms with E-state index in [2.05, 4.69) is 21.5 Å². The van der Waals surface area contributed by atoms with E-state index in [0.29, 0.717) is 30.5 Å². The lowest BCUT2D eigenvalue weighted by Crippen LogP contribution is -2.43. The third-order valence-corrected chi connectivity index (χ3v) is 5.56. The zero-order chi connectivity index (χ0) is 22.3. The van der Waals surface area contributed by atoms with Crippen molar-refractivity contribution in [3.63, 3.8) is 0 Å². The number of allylic oxidation sites excluding steroid dienone is 5. The number of alkyl halides is 1. The Kier molecular flexibility index (Phi) is 8.53. The predicted octanol–water partition coefficient (Wildman–Crippen LogP) is 4.63. The summed E-state index contributed by atoms with van der Waals surface area (Å²) in [6, 6.07) is 0.0338. The number of ether oxygens (including phenoxy) is 1. The molecule has 0 unspecified atom stereocenters.